The van der Waals surface area contributed by atoms with E-state index >= 15 is 0 Å². The van der Waals surface area contributed by atoms with Crippen molar-refractivity contribution in [3.8, 4) is 22.3 Å². The largest absolute Gasteiger partial charge is 0.476 e. The van der Waals surface area contributed by atoms with E-state index in [2.05, 4.69) is 10.2 Å². The van der Waals surface area contributed by atoms with Gasteiger partial charge in [-0.15, -0.1) is 0 Å². The molecule has 12 heteroatoms. The van der Waals surface area contributed by atoms with Crippen LogP contribution in [0.25, 0.3) is 22.3 Å². The Hall–Kier alpha value is -5.00. The van der Waals surface area contributed by atoms with Crippen LogP contribution in [0.2, 0.25) is 0 Å². The highest BCUT2D eigenvalue weighted by Gasteiger charge is 2.28. The summed E-state index contributed by atoms with van der Waals surface area (Å²) in [5.74, 6) is -2.88. The van der Waals surface area contributed by atoms with E-state index in [0.717, 1.165) is 25.7 Å². The molecule has 2 aliphatic rings. The number of carbonyl (C=O) groups excluding carboxylic acids is 1. The van der Waals surface area contributed by atoms with Gasteiger partial charge in [0.05, 0.1) is 18.7 Å². The van der Waals surface area contributed by atoms with E-state index in [1.165, 1.54) is 53.2 Å². The van der Waals surface area contributed by atoms with Gasteiger partial charge in [0, 0.05) is 23.5 Å². The standard InChI is InChI=1S/C16H15FN2O3.C14H11FN2O3/c1-2-22-16(21)14-15(20)13(9-19(18-14)12-7-8-12)10-3-5-11(17)6-4-10;15-9-3-1-8(2-4-9)11-7-17(10-5-6-10)16-12(13(11)18)14(19)20/h3-6,9,12H,2,7-8H2,1H3;1-4,7,10H,5-6H2,(H,19,20). The Balaban J connectivity index is 0.000000169. The molecule has 0 radical (unpaired) electrons. The Kier molecular flexibility index (Phi) is 8.05. The lowest BCUT2D eigenvalue weighted by molar-refractivity contribution is 0.0514. The lowest BCUT2D eigenvalue weighted by Gasteiger charge is -2.10. The Labute approximate surface area is 237 Å². The molecule has 0 aliphatic heterocycles. The molecule has 2 fully saturated rings. The lowest BCUT2D eigenvalue weighted by atomic mass is 10.1. The zero-order valence-corrected chi connectivity index (χ0v) is 22.5. The average molecular weight is 577 g/mol. The maximum Gasteiger partial charge on any atom is 0.362 e. The number of hydrogen-bond donors (Lipinski definition) is 1. The second-order valence-corrected chi connectivity index (χ2v) is 9.90. The molecule has 0 bridgehead atoms. The fourth-order valence-electron chi connectivity index (χ4n) is 4.21. The smallest absolute Gasteiger partial charge is 0.362 e. The summed E-state index contributed by atoms with van der Waals surface area (Å²) in [5.41, 5.74) is -0.295. The minimum atomic E-state index is -1.35. The first kappa shape index (κ1) is 28.5. The Morgan fingerprint density at radius 1 is 0.786 bits per heavy atom. The first-order valence-electron chi connectivity index (χ1n) is 13.4. The van der Waals surface area contributed by atoms with Crippen molar-refractivity contribution in [1.82, 2.24) is 19.6 Å². The van der Waals surface area contributed by atoms with E-state index in [4.69, 9.17) is 9.84 Å². The molecule has 2 aromatic heterocycles. The fourth-order valence-corrected chi connectivity index (χ4v) is 4.21. The molecule has 216 valence electrons. The number of carbonyl (C=O) groups is 2. The van der Waals surface area contributed by atoms with Crippen molar-refractivity contribution in [3.63, 3.8) is 0 Å². The molecule has 2 saturated carbocycles. The molecule has 4 aromatic rings. The molecular formula is C30H26F2N4O6. The van der Waals surface area contributed by atoms with Crippen LogP contribution < -0.4 is 10.9 Å². The van der Waals surface area contributed by atoms with Crippen LogP contribution in [0.4, 0.5) is 8.78 Å². The third kappa shape index (κ3) is 6.32. The quantitative estimate of drug-likeness (QED) is 0.315. The van der Waals surface area contributed by atoms with Crippen LogP contribution in [-0.2, 0) is 4.74 Å². The highest BCUT2D eigenvalue weighted by Crippen LogP contribution is 2.35. The number of halogens is 2. The van der Waals surface area contributed by atoms with Gasteiger partial charge in [0.15, 0.2) is 0 Å². The molecule has 1 N–H and O–H groups in total. The van der Waals surface area contributed by atoms with Gasteiger partial charge in [-0.1, -0.05) is 24.3 Å². The van der Waals surface area contributed by atoms with Gasteiger partial charge in [0.1, 0.15) is 11.6 Å². The third-order valence-electron chi connectivity index (χ3n) is 6.70. The summed E-state index contributed by atoms with van der Waals surface area (Å²) in [7, 11) is 0. The molecule has 0 atom stereocenters. The Morgan fingerprint density at radius 3 is 1.57 bits per heavy atom. The number of ether oxygens (including phenoxy) is 1. The maximum atomic E-state index is 13.1. The number of benzene rings is 2. The molecule has 6 rings (SSSR count). The van der Waals surface area contributed by atoms with Gasteiger partial charge >= 0.3 is 11.9 Å². The second kappa shape index (κ2) is 11.9. The number of aromatic carboxylic acids is 1. The van der Waals surface area contributed by atoms with E-state index < -0.39 is 34.3 Å². The summed E-state index contributed by atoms with van der Waals surface area (Å²) in [6.07, 6.45) is 6.91. The second-order valence-electron chi connectivity index (χ2n) is 9.90. The average Bonchev–Trinajstić information content (AvgIpc) is 3.88. The minimum absolute atomic E-state index is 0.146. The van der Waals surface area contributed by atoms with Gasteiger partial charge in [-0.25, -0.2) is 18.4 Å². The van der Waals surface area contributed by atoms with Crippen molar-refractivity contribution < 1.29 is 28.2 Å². The number of carboxylic acids is 1. The predicted octanol–water partition coefficient (Wildman–Crippen LogP) is 4.64. The summed E-state index contributed by atoms with van der Waals surface area (Å²) in [6.45, 7) is 1.84. The number of carboxylic acid groups (broad SMARTS) is 1. The van der Waals surface area contributed by atoms with Crippen molar-refractivity contribution in [2.45, 2.75) is 44.7 Å². The number of esters is 1. The molecule has 0 saturated heterocycles. The molecular weight excluding hydrogens is 550 g/mol. The van der Waals surface area contributed by atoms with Crippen molar-refractivity contribution >= 4 is 11.9 Å². The van der Waals surface area contributed by atoms with E-state index in [-0.39, 0.29) is 35.8 Å². The topological polar surface area (TPSA) is 133 Å². The normalized spacial score (nSPS) is 14.1. The number of hydrogen-bond acceptors (Lipinski definition) is 7. The van der Waals surface area contributed by atoms with Crippen LogP contribution >= 0.6 is 0 Å². The van der Waals surface area contributed by atoms with E-state index in [0.29, 0.717) is 16.7 Å². The van der Waals surface area contributed by atoms with E-state index in [1.54, 1.807) is 24.0 Å². The Morgan fingerprint density at radius 2 is 1.19 bits per heavy atom. The van der Waals surface area contributed by atoms with Crippen molar-refractivity contribution in [2.24, 2.45) is 0 Å². The van der Waals surface area contributed by atoms with Crippen molar-refractivity contribution in [1.29, 1.82) is 0 Å². The molecule has 2 heterocycles. The fraction of sp³-hybridized carbons (Fsp3) is 0.267. The van der Waals surface area contributed by atoms with Gasteiger partial charge in [0.25, 0.3) is 0 Å². The summed E-state index contributed by atoms with van der Waals surface area (Å²) in [6, 6.07) is 11.3. The third-order valence-corrected chi connectivity index (χ3v) is 6.70. The molecule has 2 aliphatic carbocycles. The van der Waals surface area contributed by atoms with Crippen LogP contribution in [0, 0.1) is 11.6 Å². The lowest BCUT2D eigenvalue weighted by Crippen LogP contribution is -2.25. The van der Waals surface area contributed by atoms with Crippen molar-refractivity contribution in [3.05, 3.63) is 104 Å². The molecule has 0 amide bonds. The first-order valence-corrected chi connectivity index (χ1v) is 13.4. The monoisotopic (exact) mass is 576 g/mol. The molecule has 42 heavy (non-hydrogen) atoms. The summed E-state index contributed by atoms with van der Waals surface area (Å²) >= 11 is 0. The van der Waals surface area contributed by atoms with Crippen molar-refractivity contribution in [2.75, 3.05) is 6.61 Å². The van der Waals surface area contributed by atoms with Crippen LogP contribution in [0.5, 0.6) is 0 Å². The highest BCUT2D eigenvalue weighted by atomic mass is 19.1. The molecule has 0 spiro atoms. The van der Waals surface area contributed by atoms with Gasteiger partial charge in [-0.2, -0.15) is 10.2 Å². The molecule has 2 aromatic carbocycles. The molecule has 0 unspecified atom stereocenters. The zero-order chi connectivity index (χ0) is 30.0. The van der Waals surface area contributed by atoms with Crippen LogP contribution in [0.3, 0.4) is 0 Å². The minimum Gasteiger partial charge on any atom is -0.476 e. The highest BCUT2D eigenvalue weighted by molar-refractivity contribution is 5.88. The van der Waals surface area contributed by atoms with E-state index in [1.807, 2.05) is 0 Å². The van der Waals surface area contributed by atoms with Gasteiger partial charge in [0.2, 0.25) is 22.2 Å². The zero-order valence-electron chi connectivity index (χ0n) is 22.5. The summed E-state index contributed by atoms with van der Waals surface area (Å²) in [5, 5.41) is 17.1. The SMILES string of the molecule is CCOC(=O)c1nn(C2CC2)cc(-c2ccc(F)cc2)c1=O.O=C(O)c1nn(C2CC2)cc(-c2ccc(F)cc2)c1=O. The number of aromatic nitrogens is 4. The van der Waals surface area contributed by atoms with Gasteiger partial charge < -0.3 is 9.84 Å². The maximum absolute atomic E-state index is 13.1. The Bertz CT molecular complexity index is 1760. The van der Waals surface area contributed by atoms with E-state index in [9.17, 15) is 28.0 Å². The predicted molar refractivity (Wildman–Crippen MR) is 147 cm³/mol. The summed E-state index contributed by atoms with van der Waals surface area (Å²) < 4.78 is 34.0. The first-order chi connectivity index (χ1) is 20.2. The van der Waals surface area contributed by atoms with Gasteiger partial charge in [-0.05, 0) is 68.0 Å². The van der Waals surface area contributed by atoms with Gasteiger partial charge in [-0.3, -0.25) is 19.0 Å². The number of rotatable bonds is 7. The summed E-state index contributed by atoms with van der Waals surface area (Å²) in [4.78, 5) is 47.7. The van der Waals surface area contributed by atoms with Crippen LogP contribution in [0.15, 0.2) is 70.5 Å². The number of nitrogens with zero attached hydrogens (tertiary/aromatic N) is 4. The van der Waals surface area contributed by atoms with Crippen LogP contribution in [0.1, 0.15) is 65.7 Å². The van der Waals surface area contributed by atoms with Crippen LogP contribution in [-0.4, -0.2) is 43.2 Å². The molecule has 10 nitrogen and oxygen atoms in total.